The molecule has 3 aromatic rings. The van der Waals surface area contributed by atoms with Gasteiger partial charge in [0.1, 0.15) is 11.6 Å². The van der Waals surface area contributed by atoms with Crippen LogP contribution in [-0.4, -0.2) is 35.8 Å². The summed E-state index contributed by atoms with van der Waals surface area (Å²) in [6.07, 6.45) is 3.20. The highest BCUT2D eigenvalue weighted by atomic mass is 32.1. The zero-order valence-electron chi connectivity index (χ0n) is 14.8. The van der Waals surface area contributed by atoms with E-state index >= 15 is 0 Å². The fraction of sp³-hybridized carbons (Fsp3) is 0.400. The molecular formula is C20H24N4OS. The van der Waals surface area contributed by atoms with E-state index in [1.807, 2.05) is 12.1 Å². The van der Waals surface area contributed by atoms with Crippen molar-refractivity contribution in [1.82, 2.24) is 9.97 Å². The Balaban J connectivity index is 1.74. The van der Waals surface area contributed by atoms with Gasteiger partial charge in [0, 0.05) is 31.5 Å². The number of ether oxygens (including phenoxy) is 1. The maximum Gasteiger partial charge on any atom is 0.140 e. The smallest absolute Gasteiger partial charge is 0.140 e. The molecule has 2 aromatic heterocycles. The van der Waals surface area contributed by atoms with Crippen molar-refractivity contribution in [2.75, 3.05) is 24.6 Å². The number of para-hydroxylation sites is 1. The molecule has 1 unspecified atom stereocenters. The Hall–Kier alpha value is -2.02. The van der Waals surface area contributed by atoms with E-state index in [0.29, 0.717) is 13.0 Å². The first kappa shape index (κ1) is 17.4. The monoisotopic (exact) mass is 368 g/mol. The maximum absolute atomic E-state index is 5.91. The number of fused-ring (bicyclic) bond motifs is 1. The van der Waals surface area contributed by atoms with Gasteiger partial charge >= 0.3 is 0 Å². The van der Waals surface area contributed by atoms with Crippen LogP contribution in [0.1, 0.15) is 24.2 Å². The minimum Gasteiger partial charge on any atom is -0.376 e. The van der Waals surface area contributed by atoms with Crippen molar-refractivity contribution in [2.24, 2.45) is 5.73 Å². The van der Waals surface area contributed by atoms with E-state index in [1.54, 1.807) is 11.3 Å². The molecule has 2 N–H and O–H groups in total. The van der Waals surface area contributed by atoms with Crippen LogP contribution >= 0.6 is 11.3 Å². The van der Waals surface area contributed by atoms with Crippen LogP contribution in [0, 0.1) is 0 Å². The number of benzene rings is 1. The Kier molecular flexibility index (Phi) is 5.43. The second-order valence-corrected chi connectivity index (χ2v) is 7.45. The average Bonchev–Trinajstić information content (AvgIpc) is 3.35. The third-order valence-corrected chi connectivity index (χ3v) is 5.43. The highest BCUT2D eigenvalue weighted by Gasteiger charge is 2.22. The molecule has 1 saturated heterocycles. The molecule has 6 heteroatoms. The molecule has 1 fully saturated rings. The van der Waals surface area contributed by atoms with Gasteiger partial charge in [0.2, 0.25) is 0 Å². The molecule has 4 rings (SSSR count). The van der Waals surface area contributed by atoms with Crippen molar-refractivity contribution in [3.8, 4) is 0 Å². The summed E-state index contributed by atoms with van der Waals surface area (Å²) >= 11 is 1.73. The molecule has 0 saturated carbocycles. The van der Waals surface area contributed by atoms with Crippen molar-refractivity contribution >= 4 is 28.1 Å². The van der Waals surface area contributed by atoms with Crippen molar-refractivity contribution in [1.29, 1.82) is 0 Å². The number of hydrogen-bond donors (Lipinski definition) is 1. The van der Waals surface area contributed by atoms with E-state index in [9.17, 15) is 0 Å². The van der Waals surface area contributed by atoms with Crippen molar-refractivity contribution in [3.05, 3.63) is 52.5 Å². The van der Waals surface area contributed by atoms with Gasteiger partial charge in [-0.2, -0.15) is 11.3 Å². The summed E-state index contributed by atoms with van der Waals surface area (Å²) in [6.45, 7) is 3.08. The summed E-state index contributed by atoms with van der Waals surface area (Å²) in [5, 5.41) is 5.41. The van der Waals surface area contributed by atoms with Crippen LogP contribution in [0.3, 0.4) is 0 Å². The second-order valence-electron chi connectivity index (χ2n) is 6.67. The molecule has 0 radical (unpaired) electrons. The Morgan fingerprint density at radius 3 is 2.92 bits per heavy atom. The number of rotatable bonds is 7. The van der Waals surface area contributed by atoms with E-state index in [0.717, 1.165) is 55.1 Å². The zero-order chi connectivity index (χ0) is 17.8. The van der Waals surface area contributed by atoms with Gasteiger partial charge in [0.05, 0.1) is 11.6 Å². The molecule has 0 bridgehead atoms. The Morgan fingerprint density at radius 2 is 2.15 bits per heavy atom. The third kappa shape index (κ3) is 3.87. The summed E-state index contributed by atoms with van der Waals surface area (Å²) in [7, 11) is 0. The van der Waals surface area contributed by atoms with Gasteiger partial charge < -0.3 is 15.4 Å². The highest BCUT2D eigenvalue weighted by molar-refractivity contribution is 7.07. The first-order valence-electron chi connectivity index (χ1n) is 9.17. The number of aromatic nitrogens is 2. The molecule has 1 atom stereocenters. The van der Waals surface area contributed by atoms with Crippen molar-refractivity contribution < 1.29 is 4.74 Å². The molecule has 0 spiro atoms. The Morgan fingerprint density at radius 1 is 1.23 bits per heavy atom. The lowest BCUT2D eigenvalue weighted by atomic mass is 10.1. The zero-order valence-corrected chi connectivity index (χ0v) is 15.6. The predicted molar refractivity (Wildman–Crippen MR) is 107 cm³/mol. The molecule has 0 aliphatic carbocycles. The number of nitrogens with two attached hydrogens (primary N) is 1. The normalized spacial score (nSPS) is 17.0. The summed E-state index contributed by atoms with van der Waals surface area (Å²) < 4.78 is 5.91. The SMILES string of the molecule is NCCc1nc(N(Cc2ccsc2)CC2CCCO2)c2ccccc2n1. The van der Waals surface area contributed by atoms with Gasteiger partial charge in [-0.05, 0) is 53.9 Å². The number of thiophene rings is 1. The summed E-state index contributed by atoms with van der Waals surface area (Å²) in [5.74, 6) is 1.80. The number of hydrogen-bond acceptors (Lipinski definition) is 6. The number of anilines is 1. The standard InChI is InChI=1S/C20H24N4OS/c21-9-7-19-22-18-6-2-1-5-17(18)20(23-19)24(12-15-8-11-26-14-15)13-16-4-3-10-25-16/h1-2,5-6,8,11,14,16H,3-4,7,9-10,12-13,21H2. The number of nitrogens with zero attached hydrogens (tertiary/aromatic N) is 3. The van der Waals surface area contributed by atoms with E-state index < -0.39 is 0 Å². The Bertz CT molecular complexity index is 846. The fourth-order valence-corrected chi connectivity index (χ4v) is 4.11. The van der Waals surface area contributed by atoms with Crippen LogP contribution in [0.25, 0.3) is 10.9 Å². The third-order valence-electron chi connectivity index (χ3n) is 4.70. The molecule has 1 aromatic carbocycles. The fourth-order valence-electron chi connectivity index (χ4n) is 3.45. The summed E-state index contributed by atoms with van der Waals surface area (Å²) in [6, 6.07) is 10.4. The van der Waals surface area contributed by atoms with Crippen molar-refractivity contribution in [2.45, 2.75) is 31.9 Å². The molecule has 136 valence electrons. The van der Waals surface area contributed by atoms with Crippen LogP contribution in [0.2, 0.25) is 0 Å². The molecule has 1 aliphatic rings. The van der Waals surface area contributed by atoms with Crippen LogP contribution in [-0.2, 0) is 17.7 Å². The first-order chi connectivity index (χ1) is 12.8. The topological polar surface area (TPSA) is 64.3 Å². The van der Waals surface area contributed by atoms with Gasteiger partial charge in [-0.25, -0.2) is 9.97 Å². The van der Waals surface area contributed by atoms with E-state index in [1.165, 1.54) is 5.56 Å². The van der Waals surface area contributed by atoms with Gasteiger partial charge in [0.15, 0.2) is 0 Å². The van der Waals surface area contributed by atoms with E-state index in [4.69, 9.17) is 15.5 Å². The Labute approximate surface area is 157 Å². The minimum absolute atomic E-state index is 0.264. The van der Waals surface area contributed by atoms with Crippen LogP contribution in [0.15, 0.2) is 41.1 Å². The van der Waals surface area contributed by atoms with Crippen molar-refractivity contribution in [3.63, 3.8) is 0 Å². The second kappa shape index (κ2) is 8.12. The van der Waals surface area contributed by atoms with Crippen LogP contribution < -0.4 is 10.6 Å². The summed E-state index contributed by atoms with van der Waals surface area (Å²) in [5.41, 5.74) is 8.04. The molecule has 26 heavy (non-hydrogen) atoms. The molecule has 1 aliphatic heterocycles. The first-order valence-corrected chi connectivity index (χ1v) is 10.1. The highest BCUT2D eigenvalue weighted by Crippen LogP contribution is 2.27. The van der Waals surface area contributed by atoms with Gasteiger partial charge in [-0.1, -0.05) is 12.1 Å². The lowest BCUT2D eigenvalue weighted by Crippen LogP contribution is -2.33. The largest absolute Gasteiger partial charge is 0.376 e. The minimum atomic E-state index is 0.264. The van der Waals surface area contributed by atoms with Crippen LogP contribution in [0.5, 0.6) is 0 Å². The van der Waals surface area contributed by atoms with Gasteiger partial charge in [-0.15, -0.1) is 0 Å². The molecule has 0 amide bonds. The predicted octanol–water partition coefficient (Wildman–Crippen LogP) is 3.38. The molecule has 5 nitrogen and oxygen atoms in total. The maximum atomic E-state index is 5.91. The average molecular weight is 369 g/mol. The van der Waals surface area contributed by atoms with E-state index in [2.05, 4.69) is 38.8 Å². The van der Waals surface area contributed by atoms with E-state index in [-0.39, 0.29) is 6.10 Å². The quantitative estimate of drug-likeness (QED) is 0.693. The lowest BCUT2D eigenvalue weighted by Gasteiger charge is -2.27. The van der Waals surface area contributed by atoms with Crippen LogP contribution in [0.4, 0.5) is 5.82 Å². The van der Waals surface area contributed by atoms with Gasteiger partial charge in [-0.3, -0.25) is 0 Å². The molecule has 3 heterocycles. The lowest BCUT2D eigenvalue weighted by molar-refractivity contribution is 0.115. The summed E-state index contributed by atoms with van der Waals surface area (Å²) in [4.78, 5) is 11.9. The molecular weight excluding hydrogens is 344 g/mol. The van der Waals surface area contributed by atoms with Gasteiger partial charge in [0.25, 0.3) is 0 Å².